The average Bonchev–Trinajstić information content (AvgIpc) is 3.09. The molecule has 0 heterocycles. The van der Waals surface area contributed by atoms with E-state index in [9.17, 15) is 44.9 Å². The van der Waals surface area contributed by atoms with Crippen molar-refractivity contribution < 1.29 is 53.9 Å². The number of aliphatic hydroxyl groups excluding tert-OH is 6. The summed E-state index contributed by atoms with van der Waals surface area (Å²) in [6.45, 7) is 3.77. The minimum atomic E-state index is -5.06. The molecule has 1 aliphatic carbocycles. The molecule has 1 rings (SSSR count). The molecule has 0 aromatic heterocycles. The lowest BCUT2D eigenvalue weighted by molar-refractivity contribution is -0.220. The second kappa shape index (κ2) is 28.6. The Morgan fingerprint density at radius 2 is 1.06 bits per heavy atom. The van der Waals surface area contributed by atoms with Gasteiger partial charge >= 0.3 is 7.82 Å². The molecule has 0 aromatic rings. The van der Waals surface area contributed by atoms with Crippen molar-refractivity contribution in [1.29, 1.82) is 0 Å². The predicted molar refractivity (Wildman–Crippen MR) is 195 cm³/mol. The van der Waals surface area contributed by atoms with Crippen molar-refractivity contribution >= 4 is 13.7 Å². The SMILES string of the molecule is CCCCCCCCCCCCCC/C=C/[C@@H](O)[C@H](COP(=O)(O)OC1C(O)C(O)C(O)[C@@H](O)C1O)NC(=O)CCCCCCCCCCC. The van der Waals surface area contributed by atoms with Gasteiger partial charge in [0.15, 0.2) is 0 Å². The Bertz CT molecular complexity index is 910. The molecule has 0 spiro atoms. The number of carbonyl (C=O) groups is 1. The van der Waals surface area contributed by atoms with Gasteiger partial charge in [-0.3, -0.25) is 13.8 Å². The van der Waals surface area contributed by atoms with Crippen LogP contribution in [0.25, 0.3) is 0 Å². The predicted octanol–water partition coefficient (Wildman–Crippen LogP) is 5.72. The molecule has 8 N–H and O–H groups in total. The first-order valence-electron chi connectivity index (χ1n) is 19.6. The van der Waals surface area contributed by atoms with Crippen LogP contribution in [-0.2, 0) is 18.4 Å². The molecule has 6 unspecified atom stereocenters. The number of amides is 1. The summed E-state index contributed by atoms with van der Waals surface area (Å²) in [5.41, 5.74) is 0. The van der Waals surface area contributed by atoms with Crippen molar-refractivity contribution in [3.8, 4) is 0 Å². The molecular formula is C37H72NO11P. The Labute approximate surface area is 301 Å². The number of phosphoric acid groups is 1. The Kier molecular flexibility index (Phi) is 26.9. The molecule has 12 nitrogen and oxygen atoms in total. The van der Waals surface area contributed by atoms with Gasteiger partial charge in [-0.2, -0.15) is 0 Å². The summed E-state index contributed by atoms with van der Waals surface area (Å²) >= 11 is 0. The highest BCUT2D eigenvalue weighted by atomic mass is 31.2. The van der Waals surface area contributed by atoms with Crippen molar-refractivity contribution in [3.05, 3.63) is 12.2 Å². The summed E-state index contributed by atoms with van der Waals surface area (Å²) in [7, 11) is -5.06. The first-order chi connectivity index (χ1) is 23.9. The highest BCUT2D eigenvalue weighted by molar-refractivity contribution is 7.47. The van der Waals surface area contributed by atoms with Crippen LogP contribution in [0.2, 0.25) is 0 Å². The maximum absolute atomic E-state index is 12.8. The van der Waals surface area contributed by atoms with Crippen LogP contribution in [0.1, 0.15) is 162 Å². The Balaban J connectivity index is 2.60. The Hall–Kier alpha value is -0.920. The molecule has 9 atom stereocenters. The third-order valence-electron chi connectivity index (χ3n) is 9.57. The number of rotatable bonds is 31. The van der Waals surface area contributed by atoms with E-state index >= 15 is 0 Å². The van der Waals surface area contributed by atoms with Crippen LogP contribution < -0.4 is 5.32 Å². The van der Waals surface area contributed by atoms with Gasteiger partial charge in [-0.05, 0) is 19.3 Å². The van der Waals surface area contributed by atoms with Crippen LogP contribution >= 0.6 is 7.82 Å². The zero-order valence-electron chi connectivity index (χ0n) is 31.0. The van der Waals surface area contributed by atoms with Crippen LogP contribution in [0.3, 0.4) is 0 Å². The number of nitrogens with one attached hydrogen (secondary N) is 1. The minimum Gasteiger partial charge on any atom is -0.387 e. The number of hydrogen-bond acceptors (Lipinski definition) is 10. The molecule has 1 aliphatic rings. The Morgan fingerprint density at radius 1 is 0.660 bits per heavy atom. The van der Waals surface area contributed by atoms with Crippen molar-refractivity contribution in [1.82, 2.24) is 5.32 Å². The largest absolute Gasteiger partial charge is 0.472 e. The fourth-order valence-electron chi connectivity index (χ4n) is 6.25. The van der Waals surface area contributed by atoms with Crippen LogP contribution in [-0.4, -0.2) is 96.8 Å². The van der Waals surface area contributed by atoms with Gasteiger partial charge in [0.05, 0.1) is 18.8 Å². The van der Waals surface area contributed by atoms with E-state index in [4.69, 9.17) is 9.05 Å². The van der Waals surface area contributed by atoms with E-state index in [0.717, 1.165) is 44.9 Å². The molecule has 0 saturated heterocycles. The number of carbonyl (C=O) groups excluding carboxylic acids is 1. The third-order valence-corrected chi connectivity index (χ3v) is 10.6. The van der Waals surface area contributed by atoms with E-state index < -0.39 is 63.2 Å². The Morgan fingerprint density at radius 3 is 1.52 bits per heavy atom. The van der Waals surface area contributed by atoms with E-state index in [-0.39, 0.29) is 12.3 Å². The van der Waals surface area contributed by atoms with Crippen LogP contribution in [0.5, 0.6) is 0 Å². The zero-order chi connectivity index (χ0) is 37.2. The molecule has 1 fully saturated rings. The minimum absolute atomic E-state index is 0.216. The summed E-state index contributed by atoms with van der Waals surface area (Å²) < 4.78 is 22.7. The fourth-order valence-corrected chi connectivity index (χ4v) is 7.22. The van der Waals surface area contributed by atoms with E-state index in [1.54, 1.807) is 0 Å². The number of aliphatic hydroxyl groups is 6. The topological polar surface area (TPSA) is 206 Å². The van der Waals surface area contributed by atoms with Gasteiger partial charge in [-0.1, -0.05) is 148 Å². The first-order valence-corrected chi connectivity index (χ1v) is 21.1. The van der Waals surface area contributed by atoms with Gasteiger partial charge in [-0.15, -0.1) is 0 Å². The molecule has 0 radical (unpaired) electrons. The fraction of sp³-hybridized carbons (Fsp3) is 0.919. The van der Waals surface area contributed by atoms with Crippen molar-refractivity contribution in [3.63, 3.8) is 0 Å². The molecule has 0 aromatic carbocycles. The highest BCUT2D eigenvalue weighted by Crippen LogP contribution is 2.47. The zero-order valence-corrected chi connectivity index (χ0v) is 31.8. The van der Waals surface area contributed by atoms with Gasteiger partial charge < -0.3 is 40.8 Å². The third kappa shape index (κ3) is 20.9. The maximum Gasteiger partial charge on any atom is 0.472 e. The van der Waals surface area contributed by atoms with Crippen LogP contribution in [0.4, 0.5) is 0 Å². The van der Waals surface area contributed by atoms with Gasteiger partial charge in [0, 0.05) is 6.42 Å². The quantitative estimate of drug-likeness (QED) is 0.0245. The second-order valence-electron chi connectivity index (χ2n) is 14.1. The van der Waals surface area contributed by atoms with Crippen molar-refractivity contribution in [2.75, 3.05) is 6.61 Å². The highest BCUT2D eigenvalue weighted by Gasteiger charge is 2.51. The van der Waals surface area contributed by atoms with Crippen molar-refractivity contribution in [2.24, 2.45) is 0 Å². The molecule has 50 heavy (non-hydrogen) atoms. The van der Waals surface area contributed by atoms with Crippen LogP contribution in [0.15, 0.2) is 12.2 Å². The monoisotopic (exact) mass is 737 g/mol. The summed E-state index contributed by atoms with van der Waals surface area (Å²) in [6.07, 6.45) is 15.9. The summed E-state index contributed by atoms with van der Waals surface area (Å²) in [6, 6.07) is -1.11. The molecular weight excluding hydrogens is 665 g/mol. The lowest BCUT2D eigenvalue weighted by atomic mass is 9.85. The number of unbranched alkanes of at least 4 members (excludes halogenated alkanes) is 20. The molecule has 0 aliphatic heterocycles. The summed E-state index contributed by atoms with van der Waals surface area (Å²) in [5, 5.41) is 63.6. The van der Waals surface area contributed by atoms with E-state index in [1.165, 1.54) is 96.0 Å². The van der Waals surface area contributed by atoms with Gasteiger partial charge in [0.25, 0.3) is 0 Å². The summed E-state index contributed by atoms with van der Waals surface area (Å²) in [5.74, 6) is -0.345. The lowest BCUT2D eigenvalue weighted by Crippen LogP contribution is -2.64. The molecule has 13 heteroatoms. The standard InChI is InChI=1S/C37H72NO11P/c1-3-5-7-9-11-13-14-15-16-17-19-20-22-24-26-30(39)29(38-31(40)27-25-23-21-18-12-10-8-6-4-2)28-48-50(46,47)49-37-35(44)33(42)32(41)34(43)36(37)45/h24,26,29-30,32-37,39,41-45H,3-23,25,27-28H2,1-2H3,(H,38,40)(H,46,47)/b26-24+/t29-,30+,32?,33+,34?,35?,36?,37?/m0/s1. The van der Waals surface area contributed by atoms with Gasteiger partial charge in [0.2, 0.25) is 5.91 Å². The molecule has 296 valence electrons. The number of allylic oxidation sites excluding steroid dienone is 1. The number of phosphoric ester groups is 1. The summed E-state index contributed by atoms with van der Waals surface area (Å²) in [4.78, 5) is 23.1. The smallest absolute Gasteiger partial charge is 0.387 e. The van der Waals surface area contributed by atoms with E-state index in [1.807, 2.05) is 6.08 Å². The van der Waals surface area contributed by atoms with E-state index in [0.29, 0.717) is 6.42 Å². The maximum atomic E-state index is 12.8. The number of hydrogen-bond donors (Lipinski definition) is 8. The van der Waals surface area contributed by atoms with Crippen LogP contribution in [0, 0.1) is 0 Å². The van der Waals surface area contributed by atoms with Gasteiger partial charge in [-0.25, -0.2) is 4.57 Å². The first kappa shape index (κ1) is 47.1. The lowest BCUT2D eigenvalue weighted by Gasteiger charge is -2.41. The van der Waals surface area contributed by atoms with Crippen molar-refractivity contribution in [2.45, 2.75) is 210 Å². The molecule has 1 saturated carbocycles. The molecule has 1 amide bonds. The van der Waals surface area contributed by atoms with E-state index in [2.05, 4.69) is 19.2 Å². The second-order valence-corrected chi connectivity index (χ2v) is 15.5. The molecule has 0 bridgehead atoms. The average molecular weight is 738 g/mol. The van der Waals surface area contributed by atoms with Gasteiger partial charge in [0.1, 0.15) is 36.6 Å². The normalized spacial score (nSPS) is 25.1.